The fraction of sp³-hybridized carbons (Fsp3) is 0.600. The maximum absolute atomic E-state index is 12.6. The van der Waals surface area contributed by atoms with Crippen LogP contribution in [0.25, 0.3) is 0 Å². The van der Waals surface area contributed by atoms with Crippen LogP contribution in [-0.2, 0) is 6.42 Å². The van der Waals surface area contributed by atoms with Gasteiger partial charge in [0.1, 0.15) is 5.82 Å². The highest BCUT2D eigenvalue weighted by Gasteiger charge is 2.31. The second-order valence-electron chi connectivity index (χ2n) is 5.66. The second kappa shape index (κ2) is 5.79. The van der Waals surface area contributed by atoms with E-state index >= 15 is 0 Å². The van der Waals surface area contributed by atoms with E-state index in [1.165, 1.54) is 0 Å². The van der Waals surface area contributed by atoms with Crippen LogP contribution >= 0.6 is 0 Å². The first kappa shape index (κ1) is 14.8. The van der Waals surface area contributed by atoms with Gasteiger partial charge in [-0.25, -0.2) is 4.98 Å². The zero-order chi connectivity index (χ0) is 14.8. The first-order valence-corrected chi connectivity index (χ1v) is 7.15. The summed E-state index contributed by atoms with van der Waals surface area (Å²) < 4.78 is 0. The lowest BCUT2D eigenvalue weighted by Crippen LogP contribution is -2.48. The monoisotopic (exact) mass is 277 g/mol. The lowest BCUT2D eigenvalue weighted by atomic mass is 9.94. The minimum Gasteiger partial charge on any atom is -0.388 e. The predicted octanol–water partition coefficient (Wildman–Crippen LogP) is 1.67. The van der Waals surface area contributed by atoms with Crippen molar-refractivity contribution in [3.05, 3.63) is 23.4 Å². The van der Waals surface area contributed by atoms with E-state index in [4.69, 9.17) is 0 Å². The third-order valence-electron chi connectivity index (χ3n) is 3.71. The molecule has 0 spiro atoms. The fourth-order valence-electron chi connectivity index (χ4n) is 2.60. The maximum atomic E-state index is 12.6. The minimum atomic E-state index is -0.777. The van der Waals surface area contributed by atoms with Crippen molar-refractivity contribution in [1.29, 1.82) is 0 Å². The zero-order valence-electron chi connectivity index (χ0n) is 12.4. The number of hydrogen-bond donors (Lipinski definition) is 2. The zero-order valence-corrected chi connectivity index (χ0v) is 12.4. The van der Waals surface area contributed by atoms with Gasteiger partial charge in [0.05, 0.1) is 5.60 Å². The molecule has 2 heterocycles. The van der Waals surface area contributed by atoms with Crippen molar-refractivity contribution in [2.45, 2.75) is 38.7 Å². The van der Waals surface area contributed by atoms with Crippen LogP contribution in [0, 0.1) is 0 Å². The minimum absolute atomic E-state index is 0.0291. The number of aromatic nitrogens is 1. The largest absolute Gasteiger partial charge is 0.388 e. The number of amides is 1. The Bertz CT molecular complexity index is 478. The Morgan fingerprint density at radius 2 is 2.30 bits per heavy atom. The van der Waals surface area contributed by atoms with E-state index < -0.39 is 5.60 Å². The Labute approximate surface area is 120 Å². The average molecular weight is 277 g/mol. The highest BCUT2D eigenvalue weighted by molar-refractivity contribution is 5.95. The molecule has 1 atom stereocenters. The van der Waals surface area contributed by atoms with E-state index in [2.05, 4.69) is 10.3 Å². The van der Waals surface area contributed by atoms with Gasteiger partial charge in [-0.2, -0.15) is 0 Å². The van der Waals surface area contributed by atoms with E-state index in [1.54, 1.807) is 24.9 Å². The molecule has 1 aliphatic heterocycles. The molecule has 1 aromatic rings. The molecule has 1 amide bonds. The van der Waals surface area contributed by atoms with Crippen LogP contribution < -0.4 is 5.32 Å². The molecule has 1 unspecified atom stereocenters. The summed E-state index contributed by atoms with van der Waals surface area (Å²) in [4.78, 5) is 18.7. The molecular formula is C15H23N3O2. The van der Waals surface area contributed by atoms with Crippen LogP contribution in [0.3, 0.4) is 0 Å². The predicted molar refractivity (Wildman–Crippen MR) is 78.9 cm³/mol. The van der Waals surface area contributed by atoms with Gasteiger partial charge in [-0.05, 0) is 38.3 Å². The maximum Gasteiger partial charge on any atom is 0.254 e. The lowest BCUT2D eigenvalue weighted by molar-refractivity contribution is -0.0107. The highest BCUT2D eigenvalue weighted by atomic mass is 16.3. The number of piperidine rings is 1. The van der Waals surface area contributed by atoms with Crippen LogP contribution in [0.15, 0.2) is 12.1 Å². The smallest absolute Gasteiger partial charge is 0.254 e. The summed E-state index contributed by atoms with van der Waals surface area (Å²) in [7, 11) is 1.79. The van der Waals surface area contributed by atoms with Gasteiger partial charge in [0.25, 0.3) is 5.91 Å². The molecular weight excluding hydrogens is 254 g/mol. The van der Waals surface area contributed by atoms with Crippen molar-refractivity contribution < 1.29 is 9.90 Å². The molecule has 1 fully saturated rings. The Morgan fingerprint density at radius 3 is 2.90 bits per heavy atom. The second-order valence-corrected chi connectivity index (χ2v) is 5.66. The number of nitrogens with one attached hydrogen (secondary N) is 1. The lowest BCUT2D eigenvalue weighted by Gasteiger charge is -2.36. The summed E-state index contributed by atoms with van der Waals surface area (Å²) in [5, 5.41) is 13.1. The number of anilines is 1. The van der Waals surface area contributed by atoms with Crippen LogP contribution in [-0.4, -0.2) is 46.6 Å². The number of aryl methyl sites for hydroxylation is 1. The van der Waals surface area contributed by atoms with Gasteiger partial charge >= 0.3 is 0 Å². The third-order valence-corrected chi connectivity index (χ3v) is 3.71. The van der Waals surface area contributed by atoms with Crippen molar-refractivity contribution in [1.82, 2.24) is 9.88 Å². The molecule has 110 valence electrons. The van der Waals surface area contributed by atoms with Gasteiger partial charge in [-0.3, -0.25) is 4.79 Å². The van der Waals surface area contributed by atoms with Gasteiger partial charge in [-0.15, -0.1) is 0 Å². The normalized spacial score (nSPS) is 22.7. The molecule has 0 bridgehead atoms. The van der Waals surface area contributed by atoms with Crippen molar-refractivity contribution in [3.63, 3.8) is 0 Å². The molecule has 2 N–H and O–H groups in total. The number of likely N-dealkylation sites (tertiary alicyclic amines) is 1. The van der Waals surface area contributed by atoms with E-state index in [9.17, 15) is 9.90 Å². The number of aliphatic hydroxyl groups is 1. The summed E-state index contributed by atoms with van der Waals surface area (Å²) in [6.45, 7) is 4.90. The Morgan fingerprint density at radius 1 is 1.55 bits per heavy atom. The molecule has 5 heteroatoms. The van der Waals surface area contributed by atoms with Crippen molar-refractivity contribution in [2.75, 3.05) is 25.5 Å². The van der Waals surface area contributed by atoms with E-state index in [0.29, 0.717) is 24.5 Å². The van der Waals surface area contributed by atoms with Crippen LogP contribution in [0.5, 0.6) is 0 Å². The van der Waals surface area contributed by atoms with E-state index in [0.717, 1.165) is 25.0 Å². The number of carbonyl (C=O) groups is 1. The van der Waals surface area contributed by atoms with Crippen LogP contribution in [0.4, 0.5) is 5.82 Å². The first-order chi connectivity index (χ1) is 9.45. The molecule has 20 heavy (non-hydrogen) atoms. The van der Waals surface area contributed by atoms with Crippen molar-refractivity contribution in [2.24, 2.45) is 0 Å². The van der Waals surface area contributed by atoms with Gasteiger partial charge in [0.15, 0.2) is 0 Å². The molecule has 5 nitrogen and oxygen atoms in total. The topological polar surface area (TPSA) is 65.5 Å². The SMILES string of the molecule is CCc1cc(C(=O)N2CCCC(C)(O)C2)cc(NC)n1. The number of nitrogens with zero attached hydrogens (tertiary/aromatic N) is 2. The van der Waals surface area contributed by atoms with Gasteiger partial charge in [0, 0.05) is 31.4 Å². The van der Waals surface area contributed by atoms with E-state index in [1.807, 2.05) is 13.0 Å². The molecule has 1 aromatic heterocycles. The van der Waals surface area contributed by atoms with Gasteiger partial charge in [0.2, 0.25) is 0 Å². The van der Waals surface area contributed by atoms with E-state index in [-0.39, 0.29) is 5.91 Å². The molecule has 0 aromatic carbocycles. The Hall–Kier alpha value is -1.62. The molecule has 0 radical (unpaired) electrons. The Kier molecular flexibility index (Phi) is 4.28. The number of carbonyl (C=O) groups excluding carboxylic acids is 1. The standard InChI is InChI=1S/C15H23N3O2/c1-4-12-8-11(9-13(16-3)17-12)14(19)18-7-5-6-15(2,20)10-18/h8-9,20H,4-7,10H2,1-3H3,(H,16,17). The highest BCUT2D eigenvalue weighted by Crippen LogP contribution is 2.22. The summed E-state index contributed by atoms with van der Waals surface area (Å²) in [6, 6.07) is 3.61. The number of β-amino-alcohol motifs (C(OH)–C–C–N with tert-alkyl or cyclic N) is 1. The van der Waals surface area contributed by atoms with Gasteiger partial charge < -0.3 is 15.3 Å². The molecule has 1 saturated heterocycles. The average Bonchev–Trinajstić information content (AvgIpc) is 2.44. The van der Waals surface area contributed by atoms with Crippen LogP contribution in [0.2, 0.25) is 0 Å². The van der Waals surface area contributed by atoms with Crippen molar-refractivity contribution >= 4 is 11.7 Å². The molecule has 0 aliphatic carbocycles. The Balaban J connectivity index is 2.24. The quantitative estimate of drug-likeness (QED) is 0.882. The van der Waals surface area contributed by atoms with Gasteiger partial charge in [-0.1, -0.05) is 6.92 Å². The summed E-state index contributed by atoms with van der Waals surface area (Å²) in [5.41, 5.74) is 0.753. The summed E-state index contributed by atoms with van der Waals surface area (Å²) in [5.74, 6) is 0.676. The summed E-state index contributed by atoms with van der Waals surface area (Å²) >= 11 is 0. The van der Waals surface area contributed by atoms with Crippen molar-refractivity contribution in [3.8, 4) is 0 Å². The number of hydrogen-bond acceptors (Lipinski definition) is 4. The molecule has 2 rings (SSSR count). The first-order valence-electron chi connectivity index (χ1n) is 7.15. The molecule has 1 aliphatic rings. The number of pyridine rings is 1. The molecule has 0 saturated carbocycles. The third kappa shape index (κ3) is 3.28. The summed E-state index contributed by atoms with van der Waals surface area (Å²) in [6.07, 6.45) is 2.37. The number of rotatable bonds is 3. The fourth-order valence-corrected chi connectivity index (χ4v) is 2.60. The van der Waals surface area contributed by atoms with Crippen LogP contribution in [0.1, 0.15) is 42.7 Å².